The Labute approximate surface area is 148 Å². The lowest BCUT2D eigenvalue weighted by molar-refractivity contribution is -0.136. The summed E-state index contributed by atoms with van der Waals surface area (Å²) in [5.74, 6) is 1.67. The van der Waals surface area contributed by atoms with Crippen LogP contribution in [0.25, 0.3) is 0 Å². The summed E-state index contributed by atoms with van der Waals surface area (Å²) in [5, 5.41) is 15.6. The fraction of sp³-hybridized carbons (Fsp3) is 0.467. The topological polar surface area (TPSA) is 78.4 Å². The number of nitrogens with one attached hydrogen (secondary N) is 2. The number of anilines is 1. The number of thioether (sulfide) groups is 3. The molecule has 0 radical (unpaired) electrons. The molecule has 126 valence electrons. The number of para-hydroxylation sites is 1. The number of hydrogen-bond donors (Lipinski definition) is 3. The van der Waals surface area contributed by atoms with E-state index in [0.29, 0.717) is 17.2 Å². The maximum atomic E-state index is 12.0. The van der Waals surface area contributed by atoms with Gasteiger partial charge in [-0.1, -0.05) is 12.1 Å². The van der Waals surface area contributed by atoms with E-state index < -0.39 is 17.4 Å². The molecule has 23 heavy (non-hydrogen) atoms. The molecule has 2 rings (SSSR count). The molecule has 1 fully saturated rings. The molecule has 5 nitrogen and oxygen atoms in total. The molecule has 8 heteroatoms. The fourth-order valence-corrected chi connectivity index (χ4v) is 5.12. The number of carbonyl (C=O) groups excluding carboxylic acids is 2. The average Bonchev–Trinajstić information content (AvgIpc) is 2.78. The maximum absolute atomic E-state index is 12.0. The molecule has 1 saturated heterocycles. The molecule has 1 aromatic carbocycles. The number of benzene rings is 1. The van der Waals surface area contributed by atoms with E-state index in [9.17, 15) is 14.7 Å². The van der Waals surface area contributed by atoms with Crippen molar-refractivity contribution in [1.82, 2.24) is 5.32 Å². The first-order valence-corrected chi connectivity index (χ1v) is 10.7. The summed E-state index contributed by atoms with van der Waals surface area (Å²) in [4.78, 5) is 24.9. The van der Waals surface area contributed by atoms with Crippen molar-refractivity contribution in [1.29, 1.82) is 0 Å². The molecule has 1 aliphatic heterocycles. The third-order valence-corrected chi connectivity index (χ3v) is 6.78. The first-order chi connectivity index (χ1) is 11.0. The highest BCUT2D eigenvalue weighted by atomic mass is 32.2. The normalized spacial score (nSPS) is 17.1. The summed E-state index contributed by atoms with van der Waals surface area (Å²) in [6.07, 6.45) is 1.90. The Hall–Kier alpha value is -0.830. The van der Waals surface area contributed by atoms with Crippen molar-refractivity contribution < 1.29 is 14.7 Å². The third-order valence-electron chi connectivity index (χ3n) is 3.25. The highest BCUT2D eigenvalue weighted by molar-refractivity contribution is 8.03. The molecule has 0 bridgehead atoms. The Morgan fingerprint density at radius 2 is 1.87 bits per heavy atom. The zero-order valence-electron chi connectivity index (χ0n) is 12.8. The molecule has 1 aromatic rings. The first-order valence-electron chi connectivity index (χ1n) is 7.14. The second-order valence-corrected chi connectivity index (χ2v) is 8.23. The molecule has 3 N–H and O–H groups in total. The van der Waals surface area contributed by atoms with Crippen LogP contribution in [0.1, 0.15) is 0 Å². The van der Waals surface area contributed by atoms with Crippen molar-refractivity contribution in [3.63, 3.8) is 0 Å². The zero-order chi connectivity index (χ0) is 16.7. The fourth-order valence-electron chi connectivity index (χ4n) is 2.04. The average molecular weight is 373 g/mol. The quantitative estimate of drug-likeness (QED) is 0.551. The summed E-state index contributed by atoms with van der Waals surface area (Å²) in [6.45, 7) is 0.0867. The predicted octanol–water partition coefficient (Wildman–Crippen LogP) is 1.67. The standard InChI is InChI=1S/C15H20N2O3S3/c1-21-12-5-3-2-4-11(12)17-14(19)13(18)16-8-15(20)9-22-6-7-23-10-15/h2-5,20H,6-10H2,1H3,(H,16,18)(H,17,19). The van der Waals surface area contributed by atoms with Gasteiger partial charge < -0.3 is 15.7 Å². The van der Waals surface area contributed by atoms with Crippen molar-refractivity contribution in [2.24, 2.45) is 0 Å². The van der Waals surface area contributed by atoms with E-state index in [4.69, 9.17) is 0 Å². The van der Waals surface area contributed by atoms with Crippen molar-refractivity contribution in [2.45, 2.75) is 10.5 Å². The molecule has 0 saturated carbocycles. The number of aliphatic hydroxyl groups is 1. The van der Waals surface area contributed by atoms with Crippen molar-refractivity contribution in [2.75, 3.05) is 41.1 Å². The van der Waals surface area contributed by atoms with E-state index in [1.165, 1.54) is 11.8 Å². The van der Waals surface area contributed by atoms with E-state index in [2.05, 4.69) is 10.6 Å². The van der Waals surface area contributed by atoms with Gasteiger partial charge in [-0.3, -0.25) is 9.59 Å². The second kappa shape index (κ2) is 8.86. The Bertz CT molecular complexity index is 561. The minimum Gasteiger partial charge on any atom is -0.386 e. The Kier molecular flexibility index (Phi) is 7.13. The number of amides is 2. The molecule has 2 amide bonds. The van der Waals surface area contributed by atoms with Crippen LogP contribution in [0, 0.1) is 0 Å². The smallest absolute Gasteiger partial charge is 0.313 e. The monoisotopic (exact) mass is 372 g/mol. The lowest BCUT2D eigenvalue weighted by Crippen LogP contribution is -2.49. The molecule has 0 aliphatic carbocycles. The summed E-state index contributed by atoms with van der Waals surface area (Å²) < 4.78 is 0. The second-order valence-electron chi connectivity index (χ2n) is 5.17. The van der Waals surface area contributed by atoms with Gasteiger partial charge in [0.05, 0.1) is 11.3 Å². The summed E-state index contributed by atoms with van der Waals surface area (Å²) >= 11 is 4.82. The van der Waals surface area contributed by atoms with Gasteiger partial charge in [0.25, 0.3) is 0 Å². The van der Waals surface area contributed by atoms with Crippen LogP contribution in [0.2, 0.25) is 0 Å². The van der Waals surface area contributed by atoms with Crippen LogP contribution in [-0.2, 0) is 9.59 Å². The highest BCUT2D eigenvalue weighted by Gasteiger charge is 2.30. The lowest BCUT2D eigenvalue weighted by Gasteiger charge is -2.25. The summed E-state index contributed by atoms with van der Waals surface area (Å²) in [7, 11) is 0. The lowest BCUT2D eigenvalue weighted by atomic mass is 10.1. The van der Waals surface area contributed by atoms with Gasteiger partial charge in [-0.2, -0.15) is 23.5 Å². The van der Waals surface area contributed by atoms with Gasteiger partial charge in [0, 0.05) is 34.5 Å². The van der Waals surface area contributed by atoms with Gasteiger partial charge >= 0.3 is 11.8 Å². The Morgan fingerprint density at radius 3 is 2.52 bits per heavy atom. The maximum Gasteiger partial charge on any atom is 0.313 e. The molecule has 1 heterocycles. The zero-order valence-corrected chi connectivity index (χ0v) is 15.3. The van der Waals surface area contributed by atoms with Gasteiger partial charge in [-0.05, 0) is 18.4 Å². The summed E-state index contributed by atoms with van der Waals surface area (Å²) in [6, 6.07) is 7.30. The van der Waals surface area contributed by atoms with Gasteiger partial charge in [0.1, 0.15) is 0 Å². The SMILES string of the molecule is CSc1ccccc1NC(=O)C(=O)NCC1(O)CSCCSC1. The van der Waals surface area contributed by atoms with Crippen LogP contribution in [0.4, 0.5) is 5.69 Å². The van der Waals surface area contributed by atoms with Crippen molar-refractivity contribution >= 4 is 52.8 Å². The van der Waals surface area contributed by atoms with Crippen LogP contribution >= 0.6 is 35.3 Å². The van der Waals surface area contributed by atoms with E-state index >= 15 is 0 Å². The van der Waals surface area contributed by atoms with E-state index in [1.807, 2.05) is 18.4 Å². The summed E-state index contributed by atoms with van der Waals surface area (Å²) in [5.41, 5.74) is -0.349. The largest absolute Gasteiger partial charge is 0.386 e. The third kappa shape index (κ3) is 5.63. The van der Waals surface area contributed by atoms with Crippen LogP contribution in [0.5, 0.6) is 0 Å². The van der Waals surface area contributed by atoms with Gasteiger partial charge in [0.15, 0.2) is 0 Å². The van der Waals surface area contributed by atoms with Crippen LogP contribution < -0.4 is 10.6 Å². The van der Waals surface area contributed by atoms with Crippen LogP contribution in [-0.4, -0.2) is 58.3 Å². The number of hydrogen-bond acceptors (Lipinski definition) is 6. The minimum absolute atomic E-state index is 0.0867. The molecule has 0 aromatic heterocycles. The number of carbonyl (C=O) groups is 2. The molecular weight excluding hydrogens is 352 g/mol. The first kappa shape index (κ1) is 18.5. The highest BCUT2D eigenvalue weighted by Crippen LogP contribution is 2.25. The molecule has 0 spiro atoms. The Morgan fingerprint density at radius 1 is 1.22 bits per heavy atom. The predicted molar refractivity (Wildman–Crippen MR) is 99.5 cm³/mol. The van der Waals surface area contributed by atoms with E-state index in [0.717, 1.165) is 16.4 Å². The van der Waals surface area contributed by atoms with Crippen molar-refractivity contribution in [3.8, 4) is 0 Å². The van der Waals surface area contributed by atoms with Crippen LogP contribution in [0.15, 0.2) is 29.2 Å². The van der Waals surface area contributed by atoms with Crippen molar-refractivity contribution in [3.05, 3.63) is 24.3 Å². The molecule has 0 atom stereocenters. The van der Waals surface area contributed by atoms with E-state index in [1.54, 1.807) is 35.7 Å². The van der Waals surface area contributed by atoms with Gasteiger partial charge in [0.2, 0.25) is 0 Å². The number of rotatable bonds is 4. The van der Waals surface area contributed by atoms with Crippen LogP contribution in [0.3, 0.4) is 0 Å². The minimum atomic E-state index is -0.959. The molecular formula is C15H20N2O3S3. The Balaban J connectivity index is 1.88. The van der Waals surface area contributed by atoms with E-state index in [-0.39, 0.29) is 6.54 Å². The molecule has 1 aliphatic rings. The van der Waals surface area contributed by atoms with Gasteiger partial charge in [-0.15, -0.1) is 11.8 Å². The van der Waals surface area contributed by atoms with Gasteiger partial charge in [-0.25, -0.2) is 0 Å². The molecule has 0 unspecified atom stereocenters.